The number of fused-ring (bicyclic) bond motifs is 1. The maximum Gasteiger partial charge on any atom is 0.0957 e. The van der Waals surface area contributed by atoms with Gasteiger partial charge in [-0.1, -0.05) is 18.2 Å². The zero-order valence-electron chi connectivity index (χ0n) is 11.1. The number of aryl methyl sites for hydroxylation is 2. The van der Waals surface area contributed by atoms with Gasteiger partial charge >= 0.3 is 0 Å². The van der Waals surface area contributed by atoms with E-state index in [2.05, 4.69) is 36.2 Å². The number of thiazole rings is 1. The highest BCUT2D eigenvalue weighted by atomic mass is 32.2. The Morgan fingerprint density at radius 1 is 1.37 bits per heavy atom. The van der Waals surface area contributed by atoms with E-state index in [0.29, 0.717) is 6.42 Å². The molecule has 1 aromatic carbocycles. The molecule has 100 valence electrons. The fourth-order valence-electron chi connectivity index (χ4n) is 2.36. The molecule has 0 saturated carbocycles. The molecule has 3 rings (SSSR count). The SMILES string of the molecule is Cc1nc(CC(O)C2Cc3ccccc3S2)sc1C. The van der Waals surface area contributed by atoms with E-state index in [4.69, 9.17) is 0 Å². The van der Waals surface area contributed by atoms with Crippen molar-refractivity contribution in [1.82, 2.24) is 4.98 Å². The zero-order chi connectivity index (χ0) is 13.4. The van der Waals surface area contributed by atoms with Crippen LogP contribution in [0.1, 0.15) is 21.1 Å². The van der Waals surface area contributed by atoms with E-state index in [-0.39, 0.29) is 11.4 Å². The fourth-order valence-corrected chi connectivity index (χ4v) is 4.65. The predicted octanol–water partition coefficient (Wildman–Crippen LogP) is 3.38. The van der Waals surface area contributed by atoms with Gasteiger partial charge < -0.3 is 5.11 Å². The Hall–Kier alpha value is -0.840. The number of nitrogens with zero attached hydrogens (tertiary/aromatic N) is 1. The minimum atomic E-state index is -0.317. The van der Waals surface area contributed by atoms with Crippen LogP contribution in [0.15, 0.2) is 29.2 Å². The first-order valence-electron chi connectivity index (χ1n) is 6.49. The summed E-state index contributed by atoms with van der Waals surface area (Å²) < 4.78 is 0. The lowest BCUT2D eigenvalue weighted by molar-refractivity contribution is 0.172. The number of hydrogen-bond acceptors (Lipinski definition) is 4. The van der Waals surface area contributed by atoms with Gasteiger partial charge in [0.15, 0.2) is 0 Å². The number of aromatic nitrogens is 1. The Morgan fingerprint density at radius 3 is 2.84 bits per heavy atom. The minimum Gasteiger partial charge on any atom is -0.392 e. The second kappa shape index (κ2) is 5.27. The van der Waals surface area contributed by atoms with Crippen molar-refractivity contribution in [2.75, 3.05) is 0 Å². The highest BCUT2D eigenvalue weighted by Gasteiger charge is 2.28. The number of hydrogen-bond donors (Lipinski definition) is 1. The summed E-state index contributed by atoms with van der Waals surface area (Å²) in [6, 6.07) is 8.44. The molecule has 0 bridgehead atoms. The molecule has 2 aromatic rings. The van der Waals surface area contributed by atoms with Crippen LogP contribution in [-0.2, 0) is 12.8 Å². The molecule has 0 amide bonds. The monoisotopic (exact) mass is 291 g/mol. The van der Waals surface area contributed by atoms with Crippen LogP contribution in [-0.4, -0.2) is 21.4 Å². The van der Waals surface area contributed by atoms with Crippen molar-refractivity contribution in [3.8, 4) is 0 Å². The van der Waals surface area contributed by atoms with Gasteiger partial charge in [-0.2, -0.15) is 0 Å². The third-order valence-corrected chi connectivity index (χ3v) is 6.09. The van der Waals surface area contributed by atoms with Crippen LogP contribution in [0.25, 0.3) is 0 Å². The van der Waals surface area contributed by atoms with Crippen LogP contribution >= 0.6 is 23.1 Å². The van der Waals surface area contributed by atoms with Gasteiger partial charge in [0.2, 0.25) is 0 Å². The Morgan fingerprint density at radius 2 is 2.16 bits per heavy atom. The largest absolute Gasteiger partial charge is 0.392 e. The van der Waals surface area contributed by atoms with E-state index in [1.807, 2.05) is 6.92 Å². The van der Waals surface area contributed by atoms with E-state index in [1.165, 1.54) is 15.3 Å². The van der Waals surface area contributed by atoms with Crippen molar-refractivity contribution in [3.05, 3.63) is 45.4 Å². The van der Waals surface area contributed by atoms with E-state index in [1.54, 1.807) is 23.1 Å². The molecule has 0 saturated heterocycles. The molecule has 4 heteroatoms. The molecule has 1 aliphatic rings. The third-order valence-electron chi connectivity index (χ3n) is 3.56. The number of aliphatic hydroxyl groups is 1. The molecule has 19 heavy (non-hydrogen) atoms. The minimum absolute atomic E-state index is 0.266. The maximum absolute atomic E-state index is 10.4. The molecule has 0 radical (unpaired) electrons. The molecule has 1 aromatic heterocycles. The zero-order valence-corrected chi connectivity index (χ0v) is 12.7. The summed E-state index contributed by atoms with van der Waals surface area (Å²) >= 11 is 3.51. The van der Waals surface area contributed by atoms with Crippen LogP contribution in [0.5, 0.6) is 0 Å². The molecule has 0 fully saturated rings. The molecule has 2 heterocycles. The van der Waals surface area contributed by atoms with Crippen molar-refractivity contribution in [3.63, 3.8) is 0 Å². The van der Waals surface area contributed by atoms with Crippen molar-refractivity contribution in [2.24, 2.45) is 0 Å². The van der Waals surface area contributed by atoms with Crippen molar-refractivity contribution < 1.29 is 5.11 Å². The number of rotatable bonds is 3. The quantitative estimate of drug-likeness (QED) is 0.941. The summed E-state index contributed by atoms with van der Waals surface area (Å²) in [6.07, 6.45) is 1.32. The first kappa shape index (κ1) is 13.2. The van der Waals surface area contributed by atoms with Crippen LogP contribution in [0.4, 0.5) is 0 Å². The Kier molecular flexibility index (Phi) is 3.65. The number of thioether (sulfide) groups is 1. The smallest absolute Gasteiger partial charge is 0.0957 e. The van der Waals surface area contributed by atoms with E-state index >= 15 is 0 Å². The van der Waals surface area contributed by atoms with Gasteiger partial charge in [0.1, 0.15) is 0 Å². The van der Waals surface area contributed by atoms with Gasteiger partial charge in [-0.05, 0) is 31.9 Å². The fraction of sp³-hybridized carbons (Fsp3) is 0.400. The Balaban J connectivity index is 1.68. The Bertz CT molecular complexity index is 549. The van der Waals surface area contributed by atoms with E-state index < -0.39 is 0 Å². The third kappa shape index (κ3) is 2.71. The van der Waals surface area contributed by atoms with E-state index in [0.717, 1.165) is 17.1 Å². The topological polar surface area (TPSA) is 33.1 Å². The molecule has 0 aliphatic carbocycles. The molecule has 2 nitrogen and oxygen atoms in total. The van der Waals surface area contributed by atoms with Crippen LogP contribution < -0.4 is 0 Å². The van der Waals surface area contributed by atoms with Gasteiger partial charge in [0.25, 0.3) is 0 Å². The second-order valence-corrected chi connectivity index (χ2v) is 7.56. The maximum atomic E-state index is 10.4. The highest BCUT2D eigenvalue weighted by molar-refractivity contribution is 8.00. The van der Waals surface area contributed by atoms with Gasteiger partial charge in [-0.3, -0.25) is 0 Å². The van der Waals surface area contributed by atoms with Crippen molar-refractivity contribution >= 4 is 23.1 Å². The second-order valence-electron chi connectivity index (χ2n) is 4.99. The summed E-state index contributed by atoms with van der Waals surface area (Å²) in [6.45, 7) is 4.12. The van der Waals surface area contributed by atoms with Gasteiger partial charge in [-0.15, -0.1) is 23.1 Å². The first-order chi connectivity index (χ1) is 9.13. The van der Waals surface area contributed by atoms with Crippen LogP contribution in [0.3, 0.4) is 0 Å². The molecular formula is C15H17NOS2. The molecule has 1 aliphatic heterocycles. The summed E-state index contributed by atoms with van der Waals surface area (Å²) in [7, 11) is 0. The predicted molar refractivity (Wildman–Crippen MR) is 81.1 cm³/mol. The van der Waals surface area contributed by atoms with Gasteiger partial charge in [0.05, 0.1) is 16.8 Å². The average molecular weight is 291 g/mol. The number of aliphatic hydroxyl groups excluding tert-OH is 1. The van der Waals surface area contributed by atoms with Crippen LogP contribution in [0.2, 0.25) is 0 Å². The molecule has 1 N–H and O–H groups in total. The van der Waals surface area contributed by atoms with Gasteiger partial charge in [-0.25, -0.2) is 4.98 Å². The summed E-state index contributed by atoms with van der Waals surface area (Å²) in [5, 5.41) is 11.7. The summed E-state index contributed by atoms with van der Waals surface area (Å²) in [5.74, 6) is 0. The average Bonchev–Trinajstić information content (AvgIpc) is 2.93. The molecule has 2 atom stereocenters. The summed E-state index contributed by atoms with van der Waals surface area (Å²) in [5.41, 5.74) is 2.46. The van der Waals surface area contributed by atoms with Crippen molar-refractivity contribution in [1.29, 1.82) is 0 Å². The van der Waals surface area contributed by atoms with Gasteiger partial charge in [0, 0.05) is 21.4 Å². The van der Waals surface area contributed by atoms with Crippen LogP contribution in [0, 0.1) is 13.8 Å². The first-order valence-corrected chi connectivity index (χ1v) is 8.18. The highest BCUT2D eigenvalue weighted by Crippen LogP contribution is 2.39. The standard InChI is InChI=1S/C15H17NOS2/c1-9-10(2)18-15(16-9)8-12(17)14-7-11-5-3-4-6-13(11)19-14/h3-6,12,14,17H,7-8H2,1-2H3. The lowest BCUT2D eigenvalue weighted by Gasteiger charge is -2.15. The summed E-state index contributed by atoms with van der Waals surface area (Å²) in [4.78, 5) is 7.09. The molecule has 2 unspecified atom stereocenters. The van der Waals surface area contributed by atoms with E-state index in [9.17, 15) is 5.11 Å². The Labute approximate surface area is 121 Å². The normalized spacial score (nSPS) is 19.4. The lowest BCUT2D eigenvalue weighted by atomic mass is 10.1. The molecule has 0 spiro atoms. The lowest BCUT2D eigenvalue weighted by Crippen LogP contribution is -2.24. The molecular weight excluding hydrogens is 274 g/mol. The number of benzene rings is 1. The van der Waals surface area contributed by atoms with Crippen molar-refractivity contribution in [2.45, 2.75) is 42.9 Å².